The summed E-state index contributed by atoms with van der Waals surface area (Å²) in [6.45, 7) is 0. The summed E-state index contributed by atoms with van der Waals surface area (Å²) in [6.07, 6.45) is 0. The molecule has 0 aliphatic heterocycles. The van der Waals surface area contributed by atoms with Gasteiger partial charge < -0.3 is 4.74 Å². The summed E-state index contributed by atoms with van der Waals surface area (Å²) in [4.78, 5) is 0. The van der Waals surface area contributed by atoms with E-state index in [4.69, 9.17) is 39.5 Å². The Morgan fingerprint density at radius 2 is 1.93 bits per heavy atom. The monoisotopic (exact) mass is 280 g/mol. The number of ether oxygens (including phenoxy) is 1. The number of benzene rings is 1. The standard InChI is InChI=1S/C8H3Cl3N2OS/c9-4-1-2-6(5(10)3-4)14-8-7(11)12-15-13-8/h1-3H. The highest BCUT2D eigenvalue weighted by Crippen LogP contribution is 2.33. The Bertz CT molecular complexity index is 488. The molecule has 0 N–H and O–H groups in total. The van der Waals surface area contributed by atoms with E-state index < -0.39 is 0 Å². The zero-order valence-corrected chi connectivity index (χ0v) is 10.2. The third kappa shape index (κ3) is 2.52. The maximum Gasteiger partial charge on any atom is 0.270 e. The molecule has 78 valence electrons. The van der Waals surface area contributed by atoms with E-state index in [0.29, 0.717) is 15.8 Å². The molecule has 2 rings (SSSR count). The molecule has 0 fully saturated rings. The quantitative estimate of drug-likeness (QED) is 0.823. The highest BCUT2D eigenvalue weighted by atomic mass is 35.5. The molecule has 0 saturated heterocycles. The minimum Gasteiger partial charge on any atom is -0.434 e. The average Bonchev–Trinajstić information content (AvgIpc) is 2.57. The van der Waals surface area contributed by atoms with Gasteiger partial charge in [-0.25, -0.2) is 0 Å². The smallest absolute Gasteiger partial charge is 0.270 e. The number of aromatic nitrogens is 2. The van der Waals surface area contributed by atoms with Gasteiger partial charge >= 0.3 is 0 Å². The fourth-order valence-electron chi connectivity index (χ4n) is 0.893. The van der Waals surface area contributed by atoms with Gasteiger partial charge in [0, 0.05) is 5.02 Å². The van der Waals surface area contributed by atoms with Crippen molar-refractivity contribution < 1.29 is 4.74 Å². The molecule has 0 saturated carbocycles. The van der Waals surface area contributed by atoms with Gasteiger partial charge in [0.25, 0.3) is 5.88 Å². The van der Waals surface area contributed by atoms with Crippen LogP contribution in [0.5, 0.6) is 11.6 Å². The van der Waals surface area contributed by atoms with E-state index in [1.807, 2.05) is 0 Å². The lowest BCUT2D eigenvalue weighted by Gasteiger charge is -2.04. The molecule has 0 bridgehead atoms. The predicted molar refractivity (Wildman–Crippen MR) is 61.5 cm³/mol. The second-order valence-electron chi connectivity index (χ2n) is 2.54. The van der Waals surface area contributed by atoms with Gasteiger partial charge in [-0.3, -0.25) is 0 Å². The maximum absolute atomic E-state index is 5.90. The molecular weight excluding hydrogens is 279 g/mol. The van der Waals surface area contributed by atoms with E-state index in [0.717, 1.165) is 11.7 Å². The van der Waals surface area contributed by atoms with Crippen LogP contribution < -0.4 is 4.74 Å². The zero-order valence-electron chi connectivity index (χ0n) is 7.08. The van der Waals surface area contributed by atoms with E-state index in [-0.39, 0.29) is 11.0 Å². The first-order valence-electron chi connectivity index (χ1n) is 3.78. The van der Waals surface area contributed by atoms with Gasteiger partial charge in [0.2, 0.25) is 5.15 Å². The summed E-state index contributed by atoms with van der Waals surface area (Å²) in [5.74, 6) is 0.682. The summed E-state index contributed by atoms with van der Waals surface area (Å²) < 4.78 is 13.0. The first-order chi connectivity index (χ1) is 7.16. The lowest BCUT2D eigenvalue weighted by molar-refractivity contribution is 0.468. The highest BCUT2D eigenvalue weighted by molar-refractivity contribution is 6.99. The molecular formula is C8H3Cl3N2OS. The lowest BCUT2D eigenvalue weighted by atomic mass is 10.3. The molecule has 1 heterocycles. The summed E-state index contributed by atoms with van der Waals surface area (Å²) >= 11 is 18.3. The van der Waals surface area contributed by atoms with Crippen molar-refractivity contribution in [2.45, 2.75) is 0 Å². The largest absolute Gasteiger partial charge is 0.434 e. The van der Waals surface area contributed by atoms with E-state index in [1.165, 1.54) is 0 Å². The van der Waals surface area contributed by atoms with Crippen molar-refractivity contribution in [2.24, 2.45) is 0 Å². The molecule has 0 amide bonds. The van der Waals surface area contributed by atoms with Crippen LogP contribution in [-0.2, 0) is 0 Å². The molecule has 7 heteroatoms. The van der Waals surface area contributed by atoms with E-state index >= 15 is 0 Å². The topological polar surface area (TPSA) is 35.0 Å². The molecule has 0 spiro atoms. The second kappa shape index (κ2) is 4.53. The second-order valence-corrected chi connectivity index (χ2v) is 4.27. The van der Waals surface area contributed by atoms with Crippen LogP contribution in [0.3, 0.4) is 0 Å². The summed E-state index contributed by atoms with van der Waals surface area (Å²) in [6, 6.07) is 4.88. The van der Waals surface area contributed by atoms with Crippen LogP contribution >= 0.6 is 46.5 Å². The van der Waals surface area contributed by atoms with Crippen molar-refractivity contribution >= 4 is 46.5 Å². The molecule has 1 aromatic heterocycles. The fourth-order valence-corrected chi connectivity index (χ4v) is 1.95. The molecule has 2 aromatic rings. The van der Waals surface area contributed by atoms with Crippen molar-refractivity contribution in [1.82, 2.24) is 8.75 Å². The van der Waals surface area contributed by atoms with E-state index in [2.05, 4.69) is 8.75 Å². The summed E-state index contributed by atoms with van der Waals surface area (Å²) in [5, 5.41) is 1.15. The number of hydrogen-bond donors (Lipinski definition) is 0. The Hall–Kier alpha value is -0.550. The van der Waals surface area contributed by atoms with Crippen LogP contribution in [0.25, 0.3) is 0 Å². The van der Waals surface area contributed by atoms with Crippen LogP contribution in [0.1, 0.15) is 0 Å². The Labute approximate surface area is 105 Å². The van der Waals surface area contributed by atoms with Crippen LogP contribution in [0.15, 0.2) is 18.2 Å². The van der Waals surface area contributed by atoms with Crippen molar-refractivity contribution in [3.63, 3.8) is 0 Å². The SMILES string of the molecule is Clc1ccc(Oc2nsnc2Cl)c(Cl)c1. The molecule has 0 aliphatic carbocycles. The molecule has 0 unspecified atom stereocenters. The van der Waals surface area contributed by atoms with Gasteiger partial charge in [-0.1, -0.05) is 34.8 Å². The van der Waals surface area contributed by atoms with Crippen molar-refractivity contribution in [1.29, 1.82) is 0 Å². The molecule has 15 heavy (non-hydrogen) atoms. The Morgan fingerprint density at radius 1 is 1.13 bits per heavy atom. The van der Waals surface area contributed by atoms with Gasteiger partial charge in [0.05, 0.1) is 16.8 Å². The summed E-state index contributed by atoms with van der Waals surface area (Å²) in [5.41, 5.74) is 0. The van der Waals surface area contributed by atoms with Crippen LogP contribution in [0.2, 0.25) is 15.2 Å². The highest BCUT2D eigenvalue weighted by Gasteiger charge is 2.10. The van der Waals surface area contributed by atoms with Gasteiger partial charge in [-0.15, -0.1) is 4.37 Å². The Kier molecular flexibility index (Phi) is 3.31. The van der Waals surface area contributed by atoms with Gasteiger partial charge in [-0.05, 0) is 18.2 Å². The molecule has 3 nitrogen and oxygen atoms in total. The van der Waals surface area contributed by atoms with E-state index in [9.17, 15) is 0 Å². The number of nitrogens with zero attached hydrogens (tertiary/aromatic N) is 2. The zero-order chi connectivity index (χ0) is 10.8. The van der Waals surface area contributed by atoms with Gasteiger partial charge in [0.15, 0.2) is 0 Å². The van der Waals surface area contributed by atoms with Crippen LogP contribution in [0.4, 0.5) is 0 Å². The first-order valence-corrected chi connectivity index (χ1v) is 5.64. The van der Waals surface area contributed by atoms with Gasteiger partial charge in [-0.2, -0.15) is 4.37 Å². The molecule has 0 atom stereocenters. The summed E-state index contributed by atoms with van der Waals surface area (Å²) in [7, 11) is 0. The van der Waals surface area contributed by atoms with Crippen molar-refractivity contribution in [3.05, 3.63) is 33.4 Å². The minimum atomic E-state index is 0.214. The van der Waals surface area contributed by atoms with Crippen molar-refractivity contribution in [2.75, 3.05) is 0 Å². The Morgan fingerprint density at radius 3 is 2.53 bits per heavy atom. The number of halogens is 3. The number of rotatable bonds is 2. The number of hydrogen-bond acceptors (Lipinski definition) is 4. The minimum absolute atomic E-state index is 0.214. The molecule has 1 aromatic carbocycles. The van der Waals surface area contributed by atoms with Gasteiger partial charge in [0.1, 0.15) is 5.75 Å². The average molecular weight is 282 g/mol. The molecule has 0 radical (unpaired) electrons. The van der Waals surface area contributed by atoms with E-state index in [1.54, 1.807) is 18.2 Å². The molecule has 0 aliphatic rings. The first kappa shape index (κ1) is 11.0. The lowest BCUT2D eigenvalue weighted by Crippen LogP contribution is -1.85. The predicted octanol–water partition coefficient (Wildman–Crippen LogP) is 4.29. The maximum atomic E-state index is 5.90. The third-order valence-electron chi connectivity index (χ3n) is 1.52. The Balaban J connectivity index is 2.29. The van der Waals surface area contributed by atoms with Crippen LogP contribution in [0, 0.1) is 0 Å². The van der Waals surface area contributed by atoms with Crippen molar-refractivity contribution in [3.8, 4) is 11.6 Å². The third-order valence-corrected chi connectivity index (χ3v) is 2.91. The normalized spacial score (nSPS) is 10.3. The van der Waals surface area contributed by atoms with Crippen LogP contribution in [-0.4, -0.2) is 8.75 Å². The fraction of sp³-hybridized carbons (Fsp3) is 0.